The number of para-hydroxylation sites is 2. The van der Waals surface area contributed by atoms with Gasteiger partial charge in [-0.1, -0.05) is 23.7 Å². The molecule has 0 radical (unpaired) electrons. The van der Waals surface area contributed by atoms with Crippen molar-refractivity contribution < 1.29 is 4.79 Å². The fraction of sp³-hybridized carbons (Fsp3) is 0.333. The first kappa shape index (κ1) is 18.8. The molecule has 6 nitrogen and oxygen atoms in total. The number of imidazole rings is 1. The van der Waals surface area contributed by atoms with Gasteiger partial charge in [-0.05, 0) is 30.3 Å². The smallest absolute Gasteiger partial charge is 0.221 e. The van der Waals surface area contributed by atoms with E-state index in [2.05, 4.69) is 38.9 Å². The molecule has 0 unspecified atom stereocenters. The number of amides is 1. The molecule has 1 N–H and O–H groups in total. The molecule has 0 bridgehead atoms. The third kappa shape index (κ3) is 3.84. The molecule has 1 aliphatic heterocycles. The van der Waals surface area contributed by atoms with E-state index in [-0.39, 0.29) is 5.91 Å². The van der Waals surface area contributed by atoms with Gasteiger partial charge in [0.2, 0.25) is 5.91 Å². The summed E-state index contributed by atoms with van der Waals surface area (Å²) in [7, 11) is 2.08. The van der Waals surface area contributed by atoms with Crippen LogP contribution in [0.4, 0.5) is 11.4 Å². The monoisotopic (exact) mass is 397 g/mol. The molecule has 1 amide bonds. The highest BCUT2D eigenvalue weighted by molar-refractivity contribution is 6.33. The van der Waals surface area contributed by atoms with Gasteiger partial charge in [0.15, 0.2) is 0 Å². The topological polar surface area (TPSA) is 53.4 Å². The molecule has 3 aromatic rings. The largest absolute Gasteiger partial charge is 0.368 e. The zero-order chi connectivity index (χ0) is 19.7. The van der Waals surface area contributed by atoms with Crippen LogP contribution in [0, 0.1) is 0 Å². The number of aryl methyl sites for hydroxylation is 1. The van der Waals surface area contributed by atoms with Crippen molar-refractivity contribution >= 4 is 39.9 Å². The number of nitrogens with zero attached hydrogens (tertiary/aromatic N) is 4. The van der Waals surface area contributed by atoms with E-state index < -0.39 is 0 Å². The van der Waals surface area contributed by atoms with E-state index in [0.29, 0.717) is 5.02 Å². The van der Waals surface area contributed by atoms with E-state index in [1.807, 2.05) is 30.3 Å². The van der Waals surface area contributed by atoms with Crippen molar-refractivity contribution in [3.05, 3.63) is 53.3 Å². The Kier molecular flexibility index (Phi) is 5.24. The molecular formula is C21H24ClN5O. The van der Waals surface area contributed by atoms with E-state index in [9.17, 15) is 4.79 Å². The van der Waals surface area contributed by atoms with Gasteiger partial charge in [-0.15, -0.1) is 0 Å². The Balaban J connectivity index is 1.40. The highest BCUT2D eigenvalue weighted by atomic mass is 35.5. The highest BCUT2D eigenvalue weighted by Gasteiger charge is 2.21. The maximum absolute atomic E-state index is 11.2. The number of benzene rings is 2. The zero-order valence-electron chi connectivity index (χ0n) is 16.2. The molecule has 1 saturated heterocycles. The summed E-state index contributed by atoms with van der Waals surface area (Å²) in [5, 5.41) is 3.43. The van der Waals surface area contributed by atoms with Gasteiger partial charge in [-0.2, -0.15) is 0 Å². The molecule has 2 heterocycles. The van der Waals surface area contributed by atoms with Gasteiger partial charge in [-0.25, -0.2) is 4.98 Å². The van der Waals surface area contributed by atoms with Crippen LogP contribution >= 0.6 is 11.6 Å². The van der Waals surface area contributed by atoms with Crippen molar-refractivity contribution in [3.63, 3.8) is 0 Å². The molecule has 2 aromatic carbocycles. The number of aromatic nitrogens is 2. The number of piperazine rings is 1. The third-order valence-electron chi connectivity index (χ3n) is 5.23. The maximum atomic E-state index is 11.2. The Hall–Kier alpha value is -2.57. The van der Waals surface area contributed by atoms with Crippen molar-refractivity contribution in [2.75, 3.05) is 36.4 Å². The first-order valence-corrected chi connectivity index (χ1v) is 9.84. The predicted molar refractivity (Wildman–Crippen MR) is 114 cm³/mol. The van der Waals surface area contributed by atoms with Crippen LogP contribution in [-0.2, 0) is 18.4 Å². The summed E-state index contributed by atoms with van der Waals surface area (Å²) in [4.78, 5) is 20.7. The number of anilines is 2. The summed E-state index contributed by atoms with van der Waals surface area (Å²) >= 11 is 6.46. The van der Waals surface area contributed by atoms with E-state index in [4.69, 9.17) is 16.6 Å². The van der Waals surface area contributed by atoms with Crippen LogP contribution < -0.4 is 10.2 Å². The first-order valence-electron chi connectivity index (χ1n) is 9.46. The molecule has 4 rings (SSSR count). The van der Waals surface area contributed by atoms with Crippen LogP contribution in [0.15, 0.2) is 42.5 Å². The van der Waals surface area contributed by atoms with Gasteiger partial charge in [0.25, 0.3) is 0 Å². The number of carbonyl (C=O) groups is 1. The molecule has 1 aliphatic rings. The lowest BCUT2D eigenvalue weighted by Crippen LogP contribution is -2.46. The predicted octanol–water partition coefficient (Wildman–Crippen LogP) is 3.51. The van der Waals surface area contributed by atoms with Crippen LogP contribution in [-0.4, -0.2) is 46.5 Å². The molecular weight excluding hydrogens is 374 g/mol. The highest BCUT2D eigenvalue weighted by Crippen LogP contribution is 2.30. The van der Waals surface area contributed by atoms with Gasteiger partial charge in [0.1, 0.15) is 5.82 Å². The molecule has 1 fully saturated rings. The number of rotatable bonds is 4. The van der Waals surface area contributed by atoms with Crippen LogP contribution in [0.5, 0.6) is 0 Å². The Bertz CT molecular complexity index is 1010. The second-order valence-electron chi connectivity index (χ2n) is 7.19. The minimum absolute atomic E-state index is 0.0978. The quantitative estimate of drug-likeness (QED) is 0.732. The van der Waals surface area contributed by atoms with E-state index in [1.54, 1.807) is 0 Å². The second-order valence-corrected chi connectivity index (χ2v) is 7.59. The first-order chi connectivity index (χ1) is 13.5. The van der Waals surface area contributed by atoms with Crippen molar-refractivity contribution in [2.45, 2.75) is 13.5 Å². The number of hydrogen-bond donors (Lipinski definition) is 1. The summed E-state index contributed by atoms with van der Waals surface area (Å²) in [6.07, 6.45) is 0. The Morgan fingerprint density at radius 2 is 1.89 bits per heavy atom. The third-order valence-corrected chi connectivity index (χ3v) is 5.53. The lowest BCUT2D eigenvalue weighted by molar-refractivity contribution is -0.114. The molecule has 0 aliphatic carbocycles. The van der Waals surface area contributed by atoms with Gasteiger partial charge >= 0.3 is 0 Å². The molecule has 146 valence electrons. The number of carbonyl (C=O) groups excluding carboxylic acids is 1. The molecule has 28 heavy (non-hydrogen) atoms. The molecule has 1 aromatic heterocycles. The minimum Gasteiger partial charge on any atom is -0.368 e. The zero-order valence-corrected chi connectivity index (χ0v) is 16.9. The van der Waals surface area contributed by atoms with Gasteiger partial charge in [0, 0.05) is 45.8 Å². The number of fused-ring (bicyclic) bond motifs is 1. The summed E-state index contributed by atoms with van der Waals surface area (Å²) in [5.74, 6) is 0.992. The molecule has 0 spiro atoms. The summed E-state index contributed by atoms with van der Waals surface area (Å²) < 4.78 is 2.18. The summed E-state index contributed by atoms with van der Waals surface area (Å²) in [6.45, 7) is 6.05. The van der Waals surface area contributed by atoms with Crippen LogP contribution in [0.25, 0.3) is 11.0 Å². The van der Waals surface area contributed by atoms with E-state index >= 15 is 0 Å². The van der Waals surface area contributed by atoms with Crippen molar-refractivity contribution in [2.24, 2.45) is 7.05 Å². The van der Waals surface area contributed by atoms with Crippen LogP contribution in [0.1, 0.15) is 12.7 Å². The summed E-state index contributed by atoms with van der Waals surface area (Å²) in [5.41, 5.74) is 3.95. The van der Waals surface area contributed by atoms with E-state index in [0.717, 1.165) is 55.4 Å². The lowest BCUT2D eigenvalue weighted by Gasteiger charge is -2.36. The average Bonchev–Trinajstić information content (AvgIpc) is 2.98. The SMILES string of the molecule is CC(=O)Nc1ccc(N2CCN(Cc3nc4ccccc4n3C)CC2)c(Cl)c1. The average molecular weight is 398 g/mol. The number of halogens is 1. The minimum atomic E-state index is -0.0978. The normalized spacial score (nSPS) is 15.2. The Labute approximate surface area is 169 Å². The van der Waals surface area contributed by atoms with Gasteiger partial charge < -0.3 is 14.8 Å². The van der Waals surface area contributed by atoms with Crippen LogP contribution in [0.3, 0.4) is 0 Å². The van der Waals surface area contributed by atoms with Crippen LogP contribution in [0.2, 0.25) is 5.02 Å². The molecule has 0 atom stereocenters. The fourth-order valence-electron chi connectivity index (χ4n) is 3.73. The maximum Gasteiger partial charge on any atom is 0.221 e. The number of nitrogens with one attached hydrogen (secondary N) is 1. The van der Waals surface area contributed by atoms with E-state index in [1.165, 1.54) is 12.4 Å². The van der Waals surface area contributed by atoms with Gasteiger partial charge in [0.05, 0.1) is 28.3 Å². The Morgan fingerprint density at radius 3 is 2.57 bits per heavy atom. The molecule has 7 heteroatoms. The fourth-order valence-corrected chi connectivity index (χ4v) is 4.03. The second kappa shape index (κ2) is 7.81. The Morgan fingerprint density at radius 1 is 1.14 bits per heavy atom. The summed E-state index contributed by atoms with van der Waals surface area (Å²) in [6, 6.07) is 13.9. The lowest BCUT2D eigenvalue weighted by atomic mass is 10.2. The molecule has 0 saturated carbocycles. The van der Waals surface area contributed by atoms with Crippen molar-refractivity contribution in [1.29, 1.82) is 0 Å². The standard InChI is InChI=1S/C21H24ClN5O/c1-15(28)23-16-7-8-19(17(22)13-16)27-11-9-26(10-12-27)14-21-24-18-5-3-4-6-20(18)25(21)2/h3-8,13H,9-12,14H2,1-2H3,(H,23,28). The number of hydrogen-bond acceptors (Lipinski definition) is 4. The van der Waals surface area contributed by atoms with Gasteiger partial charge in [-0.3, -0.25) is 9.69 Å². The van der Waals surface area contributed by atoms with Crippen molar-refractivity contribution in [1.82, 2.24) is 14.5 Å². The van der Waals surface area contributed by atoms with Crippen molar-refractivity contribution in [3.8, 4) is 0 Å².